The molecular formula is C23H24N4O4S. The maximum Gasteiger partial charge on any atom is 0.261 e. The molecule has 0 saturated heterocycles. The van der Waals surface area contributed by atoms with Crippen molar-refractivity contribution in [2.45, 2.75) is 18.7 Å². The number of pyridine rings is 1. The van der Waals surface area contributed by atoms with Crippen molar-refractivity contribution < 1.29 is 18.0 Å². The van der Waals surface area contributed by atoms with Gasteiger partial charge in [0.2, 0.25) is 5.91 Å². The predicted octanol–water partition coefficient (Wildman–Crippen LogP) is 3.21. The highest BCUT2D eigenvalue weighted by Gasteiger charge is 2.20. The number of hydrogen-bond donors (Lipinski definition) is 2. The first-order chi connectivity index (χ1) is 15.1. The molecule has 0 aliphatic heterocycles. The second-order valence-corrected chi connectivity index (χ2v) is 9.11. The number of anilines is 2. The smallest absolute Gasteiger partial charge is 0.261 e. The van der Waals surface area contributed by atoms with E-state index in [1.165, 1.54) is 36.2 Å². The largest absolute Gasteiger partial charge is 0.332 e. The molecule has 0 radical (unpaired) electrons. The number of aromatic nitrogens is 1. The summed E-state index contributed by atoms with van der Waals surface area (Å²) >= 11 is 0. The van der Waals surface area contributed by atoms with Crippen LogP contribution in [-0.4, -0.2) is 43.7 Å². The first-order valence-electron chi connectivity index (χ1n) is 9.81. The van der Waals surface area contributed by atoms with E-state index in [2.05, 4.69) is 15.0 Å². The Bertz CT molecular complexity index is 1260. The summed E-state index contributed by atoms with van der Waals surface area (Å²) in [5.41, 5.74) is 2.44. The molecule has 0 aliphatic rings. The predicted molar refractivity (Wildman–Crippen MR) is 123 cm³/mol. The van der Waals surface area contributed by atoms with Crippen molar-refractivity contribution in [3.05, 3.63) is 83.6 Å². The highest BCUT2D eigenvalue weighted by Crippen LogP contribution is 2.19. The first kappa shape index (κ1) is 23.0. The Morgan fingerprint density at radius 2 is 1.69 bits per heavy atom. The minimum absolute atomic E-state index is 0.0494. The molecule has 3 aromatic rings. The minimum Gasteiger partial charge on any atom is -0.332 e. The molecule has 0 bridgehead atoms. The SMILES string of the molecule is Cc1cccc(NS(=O)(=O)c2cccc(C(=O)N(C)CC(=O)Nc3cc(C)ccn3)c2)c1. The van der Waals surface area contributed by atoms with Gasteiger partial charge in [0.25, 0.3) is 15.9 Å². The van der Waals surface area contributed by atoms with Crippen molar-refractivity contribution in [3.8, 4) is 0 Å². The van der Waals surface area contributed by atoms with Gasteiger partial charge >= 0.3 is 0 Å². The number of sulfonamides is 1. The zero-order valence-electron chi connectivity index (χ0n) is 18.0. The highest BCUT2D eigenvalue weighted by molar-refractivity contribution is 7.92. The third-order valence-corrected chi connectivity index (χ3v) is 5.95. The monoisotopic (exact) mass is 452 g/mol. The first-order valence-corrected chi connectivity index (χ1v) is 11.3. The average molecular weight is 453 g/mol. The molecule has 1 heterocycles. The number of amides is 2. The number of likely N-dealkylation sites (N-methyl/N-ethyl adjacent to an activating group) is 1. The lowest BCUT2D eigenvalue weighted by atomic mass is 10.2. The van der Waals surface area contributed by atoms with Crippen molar-refractivity contribution in [2.24, 2.45) is 0 Å². The molecule has 0 atom stereocenters. The van der Waals surface area contributed by atoms with Gasteiger partial charge in [-0.25, -0.2) is 13.4 Å². The second-order valence-electron chi connectivity index (χ2n) is 7.43. The molecule has 0 spiro atoms. The van der Waals surface area contributed by atoms with Crippen molar-refractivity contribution in [1.29, 1.82) is 0 Å². The van der Waals surface area contributed by atoms with Crippen LogP contribution in [0.1, 0.15) is 21.5 Å². The van der Waals surface area contributed by atoms with Gasteiger partial charge in [0.1, 0.15) is 5.82 Å². The standard InChI is InChI=1S/C23H24N4O4S/c1-16-6-4-8-19(12-16)26-32(30,31)20-9-5-7-18(14-20)23(29)27(3)15-22(28)25-21-13-17(2)10-11-24-21/h4-14,26H,15H2,1-3H3,(H,24,25,28). The molecule has 0 unspecified atom stereocenters. The molecule has 2 amide bonds. The van der Waals surface area contributed by atoms with E-state index in [0.29, 0.717) is 11.5 Å². The summed E-state index contributed by atoms with van der Waals surface area (Å²) in [4.78, 5) is 30.3. The molecule has 1 aromatic heterocycles. The topological polar surface area (TPSA) is 108 Å². The summed E-state index contributed by atoms with van der Waals surface area (Å²) in [6.45, 7) is 3.52. The number of aryl methyl sites for hydroxylation is 2. The van der Waals surface area contributed by atoms with Gasteiger partial charge in [-0.05, 0) is 67.4 Å². The van der Waals surface area contributed by atoms with Crippen molar-refractivity contribution >= 4 is 33.3 Å². The van der Waals surface area contributed by atoms with E-state index in [-0.39, 0.29) is 17.0 Å². The highest BCUT2D eigenvalue weighted by atomic mass is 32.2. The molecule has 2 aromatic carbocycles. The fraction of sp³-hybridized carbons (Fsp3) is 0.174. The molecule has 32 heavy (non-hydrogen) atoms. The Hall–Kier alpha value is -3.72. The normalized spacial score (nSPS) is 11.0. The number of hydrogen-bond acceptors (Lipinski definition) is 5. The Morgan fingerprint density at radius 1 is 0.969 bits per heavy atom. The number of nitrogens with one attached hydrogen (secondary N) is 2. The van der Waals surface area contributed by atoms with E-state index in [0.717, 1.165) is 11.1 Å². The number of rotatable bonds is 7. The average Bonchev–Trinajstić information content (AvgIpc) is 2.73. The molecular weight excluding hydrogens is 428 g/mol. The van der Waals surface area contributed by atoms with Crippen LogP contribution in [0.4, 0.5) is 11.5 Å². The molecule has 166 valence electrons. The maximum absolute atomic E-state index is 12.8. The zero-order valence-corrected chi connectivity index (χ0v) is 18.8. The zero-order chi connectivity index (χ0) is 23.3. The van der Waals surface area contributed by atoms with Gasteiger partial charge in [-0.3, -0.25) is 14.3 Å². The summed E-state index contributed by atoms with van der Waals surface area (Å²) in [6, 6.07) is 16.2. The number of carbonyl (C=O) groups excluding carboxylic acids is 2. The van der Waals surface area contributed by atoms with E-state index in [4.69, 9.17) is 0 Å². The van der Waals surface area contributed by atoms with Crippen molar-refractivity contribution in [3.63, 3.8) is 0 Å². The Labute approximate surface area is 187 Å². The van der Waals surface area contributed by atoms with Crippen LogP contribution in [-0.2, 0) is 14.8 Å². The van der Waals surface area contributed by atoms with Crippen LogP contribution in [0.15, 0.2) is 71.8 Å². The number of carbonyl (C=O) groups is 2. The van der Waals surface area contributed by atoms with E-state index in [9.17, 15) is 18.0 Å². The molecule has 0 saturated carbocycles. The number of nitrogens with zero attached hydrogens (tertiary/aromatic N) is 2. The fourth-order valence-corrected chi connectivity index (χ4v) is 4.11. The molecule has 3 rings (SSSR count). The van der Waals surface area contributed by atoms with E-state index in [1.54, 1.807) is 36.5 Å². The third-order valence-electron chi connectivity index (χ3n) is 4.57. The Kier molecular flexibility index (Phi) is 6.89. The van der Waals surface area contributed by atoms with Gasteiger partial charge in [0.15, 0.2) is 0 Å². The molecule has 8 nitrogen and oxygen atoms in total. The summed E-state index contributed by atoms with van der Waals surface area (Å²) < 4.78 is 28.0. The summed E-state index contributed by atoms with van der Waals surface area (Å²) in [5, 5.41) is 2.64. The lowest BCUT2D eigenvalue weighted by Crippen LogP contribution is -2.35. The van der Waals surface area contributed by atoms with Crippen LogP contribution < -0.4 is 10.0 Å². The summed E-state index contributed by atoms with van der Waals surface area (Å²) in [6.07, 6.45) is 1.58. The van der Waals surface area contributed by atoms with Crippen molar-refractivity contribution in [2.75, 3.05) is 23.6 Å². The molecule has 2 N–H and O–H groups in total. The van der Waals surface area contributed by atoms with Crippen LogP contribution in [0.5, 0.6) is 0 Å². The maximum atomic E-state index is 12.8. The van der Waals surface area contributed by atoms with Crippen LogP contribution in [0.3, 0.4) is 0 Å². The van der Waals surface area contributed by atoms with E-state index < -0.39 is 21.8 Å². The quantitative estimate of drug-likeness (QED) is 0.572. The lowest BCUT2D eigenvalue weighted by Gasteiger charge is -2.17. The van der Waals surface area contributed by atoms with Gasteiger partial charge in [-0.1, -0.05) is 18.2 Å². The van der Waals surface area contributed by atoms with E-state index in [1.807, 2.05) is 19.9 Å². The molecule has 0 aliphatic carbocycles. The fourth-order valence-electron chi connectivity index (χ4n) is 3.01. The Morgan fingerprint density at radius 3 is 2.41 bits per heavy atom. The van der Waals surface area contributed by atoms with E-state index >= 15 is 0 Å². The Balaban J connectivity index is 1.70. The second kappa shape index (κ2) is 9.61. The van der Waals surface area contributed by atoms with Crippen LogP contribution in [0, 0.1) is 13.8 Å². The van der Waals surface area contributed by atoms with Crippen molar-refractivity contribution in [1.82, 2.24) is 9.88 Å². The minimum atomic E-state index is -3.89. The molecule has 0 fully saturated rings. The van der Waals surface area contributed by atoms with Gasteiger partial charge in [-0.2, -0.15) is 0 Å². The van der Waals surface area contributed by atoms with Crippen LogP contribution in [0.25, 0.3) is 0 Å². The van der Waals surface area contributed by atoms with Gasteiger partial charge in [0.05, 0.1) is 11.4 Å². The van der Waals surface area contributed by atoms with Gasteiger partial charge in [-0.15, -0.1) is 0 Å². The van der Waals surface area contributed by atoms with Gasteiger partial charge < -0.3 is 10.2 Å². The third kappa shape index (κ3) is 5.92. The van der Waals surface area contributed by atoms with Crippen LogP contribution >= 0.6 is 0 Å². The van der Waals surface area contributed by atoms with Gasteiger partial charge in [0, 0.05) is 24.5 Å². The summed E-state index contributed by atoms with van der Waals surface area (Å²) in [7, 11) is -2.42. The van der Waals surface area contributed by atoms with Crippen LogP contribution in [0.2, 0.25) is 0 Å². The lowest BCUT2D eigenvalue weighted by molar-refractivity contribution is -0.116. The number of benzene rings is 2. The summed E-state index contributed by atoms with van der Waals surface area (Å²) in [5.74, 6) is -0.500. The molecule has 9 heteroatoms.